The molecule has 0 aromatic heterocycles. The molecule has 2 aromatic carbocycles. The minimum Gasteiger partial charge on any atom is -0.497 e. The number of carbonyl (C=O) groups excluding carboxylic acids is 2. The van der Waals surface area contributed by atoms with Gasteiger partial charge in [0.25, 0.3) is 5.91 Å². The lowest BCUT2D eigenvalue weighted by Crippen LogP contribution is -2.50. The Morgan fingerprint density at radius 3 is 2.33 bits per heavy atom. The molecule has 1 aliphatic rings. The molecule has 2 amide bonds. The van der Waals surface area contributed by atoms with Crippen molar-refractivity contribution >= 4 is 11.8 Å². The summed E-state index contributed by atoms with van der Waals surface area (Å²) in [6, 6.07) is 14.9. The number of ether oxygens (including phenoxy) is 2. The fourth-order valence-electron chi connectivity index (χ4n) is 4.21. The van der Waals surface area contributed by atoms with E-state index in [4.69, 9.17) is 9.47 Å². The summed E-state index contributed by atoms with van der Waals surface area (Å²) in [5.41, 5.74) is 1.98. The number of methoxy groups -OCH3 is 1. The number of amides is 2. The van der Waals surface area contributed by atoms with E-state index in [1.54, 1.807) is 18.9 Å². The molecule has 0 heterocycles. The van der Waals surface area contributed by atoms with Gasteiger partial charge in [-0.25, -0.2) is 0 Å². The summed E-state index contributed by atoms with van der Waals surface area (Å²) in [4.78, 5) is 27.9. The molecule has 178 valence electrons. The van der Waals surface area contributed by atoms with Gasteiger partial charge in [0.05, 0.1) is 7.11 Å². The lowest BCUT2D eigenvalue weighted by atomic mass is 10.0. The number of nitrogens with zero attached hydrogens (tertiary/aromatic N) is 1. The second-order valence-electron chi connectivity index (χ2n) is 9.02. The Bertz CT molecular complexity index is 920. The smallest absolute Gasteiger partial charge is 0.261 e. The van der Waals surface area contributed by atoms with Crippen LogP contribution in [0.25, 0.3) is 0 Å². The van der Waals surface area contributed by atoms with E-state index < -0.39 is 6.04 Å². The maximum absolute atomic E-state index is 13.3. The minimum absolute atomic E-state index is 0.119. The van der Waals surface area contributed by atoms with E-state index in [1.807, 2.05) is 48.5 Å². The minimum atomic E-state index is -0.607. The average Bonchev–Trinajstić information content (AvgIpc) is 3.34. The first-order chi connectivity index (χ1) is 15.9. The van der Waals surface area contributed by atoms with Gasteiger partial charge in [-0.05, 0) is 55.0 Å². The molecule has 1 fully saturated rings. The van der Waals surface area contributed by atoms with Crippen LogP contribution in [0.3, 0.4) is 0 Å². The molecular weight excluding hydrogens is 416 g/mol. The van der Waals surface area contributed by atoms with E-state index in [0.717, 1.165) is 42.6 Å². The summed E-state index contributed by atoms with van der Waals surface area (Å²) in [5, 5.41) is 3.12. The Labute approximate surface area is 197 Å². The number of rotatable bonds is 10. The molecule has 33 heavy (non-hydrogen) atoms. The molecule has 0 spiro atoms. The van der Waals surface area contributed by atoms with Gasteiger partial charge in [0.15, 0.2) is 6.61 Å². The van der Waals surface area contributed by atoms with E-state index in [2.05, 4.69) is 19.2 Å². The van der Waals surface area contributed by atoms with Crippen LogP contribution in [0.15, 0.2) is 48.5 Å². The molecule has 6 nitrogen and oxygen atoms in total. The van der Waals surface area contributed by atoms with Crippen LogP contribution in [0.2, 0.25) is 0 Å². The molecule has 1 atom stereocenters. The third kappa shape index (κ3) is 6.73. The quantitative estimate of drug-likeness (QED) is 0.569. The molecule has 1 N–H and O–H groups in total. The van der Waals surface area contributed by atoms with Crippen molar-refractivity contribution in [1.82, 2.24) is 10.2 Å². The topological polar surface area (TPSA) is 67.9 Å². The van der Waals surface area contributed by atoms with Crippen LogP contribution in [0.5, 0.6) is 11.5 Å². The zero-order valence-electron chi connectivity index (χ0n) is 20.2. The van der Waals surface area contributed by atoms with Crippen LogP contribution in [0, 0.1) is 0 Å². The molecule has 1 saturated carbocycles. The summed E-state index contributed by atoms with van der Waals surface area (Å²) in [7, 11) is 1.62. The first kappa shape index (κ1) is 24.6. The van der Waals surface area contributed by atoms with Crippen LogP contribution in [0.4, 0.5) is 0 Å². The third-order valence-electron chi connectivity index (χ3n) is 6.27. The van der Waals surface area contributed by atoms with E-state index in [0.29, 0.717) is 12.3 Å². The predicted octanol–water partition coefficient (Wildman–Crippen LogP) is 4.67. The largest absolute Gasteiger partial charge is 0.497 e. The maximum atomic E-state index is 13.3. The summed E-state index contributed by atoms with van der Waals surface area (Å²) < 4.78 is 11.2. The molecule has 0 saturated heterocycles. The second kappa shape index (κ2) is 11.7. The Kier molecular flexibility index (Phi) is 8.75. The van der Waals surface area contributed by atoms with Crippen molar-refractivity contribution in [1.29, 1.82) is 0 Å². The molecule has 0 unspecified atom stereocenters. The number of hydrogen-bond donors (Lipinski definition) is 1. The van der Waals surface area contributed by atoms with Crippen LogP contribution in [-0.4, -0.2) is 42.5 Å². The van der Waals surface area contributed by atoms with Gasteiger partial charge in [-0.2, -0.15) is 0 Å². The highest BCUT2D eigenvalue weighted by molar-refractivity contribution is 5.88. The lowest BCUT2D eigenvalue weighted by molar-refractivity contribution is -0.142. The van der Waals surface area contributed by atoms with Crippen molar-refractivity contribution in [2.24, 2.45) is 0 Å². The molecule has 0 aliphatic heterocycles. The van der Waals surface area contributed by atoms with E-state index in [-0.39, 0.29) is 30.4 Å². The van der Waals surface area contributed by atoms with Gasteiger partial charge in [-0.1, -0.05) is 57.0 Å². The SMILES string of the molecule is COc1ccc(CN(C(=O)COc2ccccc2C(C)C)[C@@H](C)C(=O)NC2CCCC2)cc1. The maximum Gasteiger partial charge on any atom is 0.261 e. The molecule has 0 radical (unpaired) electrons. The van der Waals surface area contributed by atoms with E-state index in [9.17, 15) is 9.59 Å². The van der Waals surface area contributed by atoms with Gasteiger partial charge in [0.2, 0.25) is 5.91 Å². The Hall–Kier alpha value is -3.02. The molecule has 6 heteroatoms. The standard InChI is InChI=1S/C27H36N2O4/c1-19(2)24-11-7-8-12-25(24)33-18-26(30)29(17-21-13-15-23(32-4)16-14-21)20(3)27(31)28-22-9-5-6-10-22/h7-8,11-16,19-20,22H,5-6,9-10,17-18H2,1-4H3,(H,28,31)/t20-/m0/s1. The van der Waals surface area contributed by atoms with Gasteiger partial charge >= 0.3 is 0 Å². The Morgan fingerprint density at radius 2 is 1.70 bits per heavy atom. The van der Waals surface area contributed by atoms with Crippen molar-refractivity contribution in [3.05, 3.63) is 59.7 Å². The fourth-order valence-corrected chi connectivity index (χ4v) is 4.21. The predicted molar refractivity (Wildman–Crippen MR) is 129 cm³/mol. The first-order valence-electron chi connectivity index (χ1n) is 11.8. The van der Waals surface area contributed by atoms with Crippen molar-refractivity contribution in [2.45, 2.75) is 71.0 Å². The van der Waals surface area contributed by atoms with Crippen LogP contribution < -0.4 is 14.8 Å². The highest BCUT2D eigenvalue weighted by atomic mass is 16.5. The van der Waals surface area contributed by atoms with Crippen LogP contribution in [-0.2, 0) is 16.1 Å². The molecular formula is C27H36N2O4. The normalized spacial score (nSPS) is 14.7. The van der Waals surface area contributed by atoms with Gasteiger partial charge < -0.3 is 19.7 Å². The Morgan fingerprint density at radius 1 is 1.03 bits per heavy atom. The van der Waals surface area contributed by atoms with E-state index >= 15 is 0 Å². The zero-order valence-corrected chi connectivity index (χ0v) is 20.2. The van der Waals surface area contributed by atoms with Gasteiger partial charge in [0, 0.05) is 12.6 Å². The van der Waals surface area contributed by atoms with Crippen LogP contribution >= 0.6 is 0 Å². The summed E-state index contributed by atoms with van der Waals surface area (Å²) in [6.45, 7) is 6.16. The van der Waals surface area contributed by atoms with Gasteiger partial charge in [0.1, 0.15) is 17.5 Å². The molecule has 2 aromatic rings. The number of para-hydroxylation sites is 1. The summed E-state index contributed by atoms with van der Waals surface area (Å²) in [6.07, 6.45) is 4.27. The lowest BCUT2D eigenvalue weighted by Gasteiger charge is -2.30. The third-order valence-corrected chi connectivity index (χ3v) is 6.27. The van der Waals surface area contributed by atoms with Crippen molar-refractivity contribution in [2.75, 3.05) is 13.7 Å². The number of carbonyl (C=O) groups is 2. The van der Waals surface area contributed by atoms with Crippen molar-refractivity contribution in [3.8, 4) is 11.5 Å². The van der Waals surface area contributed by atoms with E-state index in [1.165, 1.54) is 0 Å². The fraction of sp³-hybridized carbons (Fsp3) is 0.481. The summed E-state index contributed by atoms with van der Waals surface area (Å²) in [5.74, 6) is 1.39. The van der Waals surface area contributed by atoms with Gasteiger partial charge in [-0.15, -0.1) is 0 Å². The van der Waals surface area contributed by atoms with Crippen molar-refractivity contribution < 1.29 is 19.1 Å². The highest BCUT2D eigenvalue weighted by Crippen LogP contribution is 2.26. The molecule has 0 bridgehead atoms. The second-order valence-corrected chi connectivity index (χ2v) is 9.02. The summed E-state index contributed by atoms with van der Waals surface area (Å²) >= 11 is 0. The van der Waals surface area contributed by atoms with Crippen LogP contribution in [0.1, 0.15) is 63.5 Å². The van der Waals surface area contributed by atoms with Gasteiger partial charge in [-0.3, -0.25) is 9.59 Å². The number of nitrogens with one attached hydrogen (secondary N) is 1. The highest BCUT2D eigenvalue weighted by Gasteiger charge is 2.29. The number of benzene rings is 2. The van der Waals surface area contributed by atoms with Crippen molar-refractivity contribution in [3.63, 3.8) is 0 Å². The molecule has 1 aliphatic carbocycles. The monoisotopic (exact) mass is 452 g/mol. The average molecular weight is 453 g/mol. The zero-order chi connectivity index (χ0) is 23.8. The Balaban J connectivity index is 1.74. The number of hydrogen-bond acceptors (Lipinski definition) is 4. The first-order valence-corrected chi connectivity index (χ1v) is 11.8. The molecule has 3 rings (SSSR count).